The molecule has 1 unspecified atom stereocenters. The maximum atomic E-state index is 12.8. The van der Waals surface area contributed by atoms with Crippen molar-refractivity contribution >= 4 is 16.8 Å². The van der Waals surface area contributed by atoms with Crippen molar-refractivity contribution in [1.82, 2.24) is 0 Å². The summed E-state index contributed by atoms with van der Waals surface area (Å²) in [5, 5.41) is 10.3. The Bertz CT molecular complexity index is 395. The van der Waals surface area contributed by atoms with E-state index in [1.54, 1.807) is 0 Å². The molecule has 0 heterocycles. The number of nitro groups is 1. The second-order valence-corrected chi connectivity index (χ2v) is 3.39. The lowest BCUT2D eigenvalue weighted by molar-refractivity contribution is -0.387. The number of halogens is 1. The van der Waals surface area contributed by atoms with Gasteiger partial charge < -0.3 is 4.55 Å². The molecule has 5 nitrogen and oxygen atoms in total. The molecule has 76 valence electrons. The van der Waals surface area contributed by atoms with Crippen LogP contribution in [-0.4, -0.2) is 13.7 Å². The van der Waals surface area contributed by atoms with E-state index in [0.29, 0.717) is 0 Å². The minimum Gasteiger partial charge on any atom is -0.772 e. The van der Waals surface area contributed by atoms with Gasteiger partial charge in [-0.2, -0.15) is 4.39 Å². The molecule has 0 aromatic heterocycles. The van der Waals surface area contributed by atoms with Crippen molar-refractivity contribution in [2.24, 2.45) is 0 Å². The van der Waals surface area contributed by atoms with Crippen LogP contribution in [-0.2, 0) is 16.8 Å². The van der Waals surface area contributed by atoms with Crippen molar-refractivity contribution in [3.63, 3.8) is 0 Å². The first-order valence-corrected chi connectivity index (χ1v) is 4.74. The van der Waals surface area contributed by atoms with Crippen LogP contribution in [0.4, 0.5) is 10.1 Å². The zero-order valence-corrected chi connectivity index (χ0v) is 7.62. The molecule has 0 amide bonds. The molecule has 0 aliphatic carbocycles. The first kappa shape index (κ1) is 10.7. The van der Waals surface area contributed by atoms with Gasteiger partial charge in [-0.05, 0) is 11.6 Å². The Labute approximate surface area is 81.0 Å². The molecule has 1 rings (SSSR count). The van der Waals surface area contributed by atoms with Crippen molar-refractivity contribution in [3.05, 3.63) is 39.7 Å². The van der Waals surface area contributed by atoms with Gasteiger partial charge in [0.25, 0.3) is 0 Å². The first-order valence-electron chi connectivity index (χ1n) is 3.49. The summed E-state index contributed by atoms with van der Waals surface area (Å²) in [7, 11) is 0. The fourth-order valence-electron chi connectivity index (χ4n) is 0.924. The van der Waals surface area contributed by atoms with E-state index in [1.165, 1.54) is 6.07 Å². The molecule has 0 bridgehead atoms. The van der Waals surface area contributed by atoms with Crippen LogP contribution in [0.15, 0.2) is 18.2 Å². The van der Waals surface area contributed by atoms with Crippen LogP contribution in [0.25, 0.3) is 0 Å². The largest absolute Gasteiger partial charge is 0.772 e. The summed E-state index contributed by atoms with van der Waals surface area (Å²) in [6.07, 6.45) is 0. The standard InChI is InChI=1S/C7H6FNO4S/c8-6-2-1-5(4-14(12)13)3-7(6)9(10)11/h1-3H,4H2,(H,12,13)/p-1. The quantitative estimate of drug-likeness (QED) is 0.432. The number of hydrogen-bond acceptors (Lipinski definition) is 4. The molecule has 0 saturated heterocycles. The molecule has 0 aliphatic rings. The Morgan fingerprint density at radius 3 is 2.64 bits per heavy atom. The molecule has 0 saturated carbocycles. The van der Waals surface area contributed by atoms with Crippen LogP contribution in [0.3, 0.4) is 0 Å². The van der Waals surface area contributed by atoms with E-state index in [-0.39, 0.29) is 11.3 Å². The highest BCUT2D eigenvalue weighted by atomic mass is 32.2. The highest BCUT2D eigenvalue weighted by Gasteiger charge is 2.13. The molecule has 1 aromatic carbocycles. The molecule has 0 fully saturated rings. The fraction of sp³-hybridized carbons (Fsp3) is 0.143. The van der Waals surface area contributed by atoms with Crippen LogP contribution < -0.4 is 0 Å². The van der Waals surface area contributed by atoms with Crippen molar-refractivity contribution in [2.45, 2.75) is 5.75 Å². The summed E-state index contributed by atoms with van der Waals surface area (Å²) in [5.41, 5.74) is -0.528. The second kappa shape index (κ2) is 4.25. The van der Waals surface area contributed by atoms with E-state index in [2.05, 4.69) is 0 Å². The van der Waals surface area contributed by atoms with Crippen LogP contribution in [0.2, 0.25) is 0 Å². The van der Waals surface area contributed by atoms with Gasteiger partial charge in [0.05, 0.1) is 4.92 Å². The number of nitro benzene ring substituents is 1. The van der Waals surface area contributed by atoms with Gasteiger partial charge in [-0.3, -0.25) is 14.3 Å². The number of benzene rings is 1. The Morgan fingerprint density at radius 2 is 2.14 bits per heavy atom. The minimum absolute atomic E-state index is 0.187. The Balaban J connectivity index is 3.06. The average molecular weight is 218 g/mol. The molecule has 0 N–H and O–H groups in total. The van der Waals surface area contributed by atoms with Gasteiger partial charge in [-0.25, -0.2) is 0 Å². The van der Waals surface area contributed by atoms with Gasteiger partial charge in [-0.15, -0.1) is 0 Å². The molecule has 0 spiro atoms. The molecule has 1 atom stereocenters. The van der Waals surface area contributed by atoms with E-state index in [4.69, 9.17) is 0 Å². The van der Waals surface area contributed by atoms with Gasteiger partial charge in [0, 0.05) is 11.8 Å². The first-order chi connectivity index (χ1) is 6.50. The summed E-state index contributed by atoms with van der Waals surface area (Å²) in [6, 6.07) is 2.98. The summed E-state index contributed by atoms with van der Waals surface area (Å²) >= 11 is -2.34. The lowest BCUT2D eigenvalue weighted by Crippen LogP contribution is -1.97. The van der Waals surface area contributed by atoms with Crippen LogP contribution in [0, 0.1) is 15.9 Å². The van der Waals surface area contributed by atoms with Gasteiger partial charge in [0.15, 0.2) is 0 Å². The third-order valence-corrected chi connectivity index (χ3v) is 2.06. The summed E-state index contributed by atoms with van der Waals surface area (Å²) in [4.78, 5) is 9.38. The summed E-state index contributed by atoms with van der Waals surface area (Å²) in [5.74, 6) is -1.34. The van der Waals surface area contributed by atoms with E-state index in [0.717, 1.165) is 12.1 Å². The molecule has 14 heavy (non-hydrogen) atoms. The van der Waals surface area contributed by atoms with E-state index in [1.807, 2.05) is 0 Å². The molecule has 1 aromatic rings. The zero-order valence-electron chi connectivity index (χ0n) is 6.81. The van der Waals surface area contributed by atoms with E-state index >= 15 is 0 Å². The monoisotopic (exact) mass is 218 g/mol. The maximum Gasteiger partial charge on any atom is 0.305 e. The normalized spacial score (nSPS) is 12.4. The van der Waals surface area contributed by atoms with Crippen molar-refractivity contribution < 1.29 is 18.1 Å². The molecule has 0 aliphatic heterocycles. The molecule has 0 radical (unpaired) electrons. The van der Waals surface area contributed by atoms with E-state index < -0.39 is 27.5 Å². The van der Waals surface area contributed by atoms with Gasteiger partial charge in [0.1, 0.15) is 0 Å². The highest BCUT2D eigenvalue weighted by Crippen LogP contribution is 2.18. The van der Waals surface area contributed by atoms with Crippen LogP contribution in [0.5, 0.6) is 0 Å². The molecule has 7 heteroatoms. The smallest absolute Gasteiger partial charge is 0.305 e. The summed E-state index contributed by atoms with van der Waals surface area (Å²) in [6.45, 7) is 0. The molecular formula is C7H5FNO4S-. The Hall–Kier alpha value is -1.34. The zero-order chi connectivity index (χ0) is 10.7. The highest BCUT2D eigenvalue weighted by molar-refractivity contribution is 7.78. The fourth-order valence-corrected chi connectivity index (χ4v) is 1.38. The van der Waals surface area contributed by atoms with Crippen LogP contribution >= 0.6 is 0 Å². The molecular weight excluding hydrogens is 213 g/mol. The maximum absolute atomic E-state index is 12.8. The number of hydrogen-bond donors (Lipinski definition) is 0. The predicted molar refractivity (Wildman–Crippen MR) is 45.7 cm³/mol. The topological polar surface area (TPSA) is 83.3 Å². The van der Waals surface area contributed by atoms with Crippen molar-refractivity contribution in [2.75, 3.05) is 0 Å². The number of nitrogens with zero attached hydrogens (tertiary/aromatic N) is 1. The van der Waals surface area contributed by atoms with Crippen molar-refractivity contribution in [1.29, 1.82) is 0 Å². The van der Waals surface area contributed by atoms with Gasteiger partial charge in [0.2, 0.25) is 5.82 Å². The number of rotatable bonds is 3. The van der Waals surface area contributed by atoms with Crippen molar-refractivity contribution in [3.8, 4) is 0 Å². The lowest BCUT2D eigenvalue weighted by Gasteiger charge is -2.04. The Morgan fingerprint density at radius 1 is 1.50 bits per heavy atom. The van der Waals surface area contributed by atoms with Gasteiger partial charge >= 0.3 is 5.69 Å². The second-order valence-electron chi connectivity index (χ2n) is 2.49. The van der Waals surface area contributed by atoms with E-state index in [9.17, 15) is 23.3 Å². The van der Waals surface area contributed by atoms with Gasteiger partial charge in [-0.1, -0.05) is 17.1 Å². The third kappa shape index (κ3) is 2.57. The average Bonchev–Trinajstić information content (AvgIpc) is 2.07. The van der Waals surface area contributed by atoms with Crippen LogP contribution in [0.1, 0.15) is 5.56 Å². The minimum atomic E-state index is -2.34. The predicted octanol–water partition coefficient (Wildman–Crippen LogP) is 1.11. The third-order valence-electron chi connectivity index (χ3n) is 1.49. The summed E-state index contributed by atoms with van der Waals surface area (Å²) < 4.78 is 33.3. The lowest BCUT2D eigenvalue weighted by atomic mass is 10.2. The SMILES string of the molecule is O=[N+]([O-])c1cc(CS(=O)[O-])ccc1F. The Kier molecular flexibility index (Phi) is 3.26.